The van der Waals surface area contributed by atoms with Crippen LogP contribution in [-0.4, -0.2) is 23.1 Å². The molecule has 0 radical (unpaired) electrons. The van der Waals surface area contributed by atoms with Gasteiger partial charge in [-0.2, -0.15) is 0 Å². The molecule has 0 aliphatic rings. The van der Waals surface area contributed by atoms with E-state index in [9.17, 15) is 9.59 Å². The van der Waals surface area contributed by atoms with Crippen molar-refractivity contribution in [2.45, 2.75) is 26.5 Å². The van der Waals surface area contributed by atoms with Gasteiger partial charge in [0.25, 0.3) is 11.8 Å². The maximum absolute atomic E-state index is 13.0. The Labute approximate surface area is 185 Å². The third kappa shape index (κ3) is 4.95. The molecule has 162 valence electrons. The fourth-order valence-corrected chi connectivity index (χ4v) is 3.26. The van der Waals surface area contributed by atoms with E-state index in [4.69, 9.17) is 9.26 Å². The fourth-order valence-electron chi connectivity index (χ4n) is 3.26. The second-order valence-electron chi connectivity index (χ2n) is 7.44. The van der Waals surface area contributed by atoms with Crippen LogP contribution in [0.4, 0.5) is 5.82 Å². The van der Waals surface area contributed by atoms with Crippen LogP contribution in [0.25, 0.3) is 10.8 Å². The molecule has 2 N–H and O–H groups in total. The summed E-state index contributed by atoms with van der Waals surface area (Å²) in [6, 6.07) is 22.5. The number of nitrogens with zero attached hydrogens (tertiary/aromatic N) is 1. The number of hydrogen-bond donors (Lipinski definition) is 2. The van der Waals surface area contributed by atoms with Crippen LogP contribution in [0.1, 0.15) is 28.6 Å². The average Bonchev–Trinajstić information content (AvgIpc) is 3.22. The molecule has 1 aromatic heterocycles. The SMILES string of the molecule is Cc1cc(NC(=O)[C@H](C)Oc2cc3ccccc3cc2C(=O)NCc2ccccc2)no1. The van der Waals surface area contributed by atoms with Crippen molar-refractivity contribution < 1.29 is 18.8 Å². The first kappa shape index (κ1) is 21.1. The van der Waals surface area contributed by atoms with Gasteiger partial charge in [0.05, 0.1) is 5.56 Å². The van der Waals surface area contributed by atoms with Gasteiger partial charge in [-0.25, -0.2) is 0 Å². The summed E-state index contributed by atoms with van der Waals surface area (Å²) in [4.78, 5) is 25.6. The number of aryl methyl sites for hydroxylation is 1. The number of hydrogen-bond acceptors (Lipinski definition) is 5. The number of benzene rings is 3. The number of amides is 2. The van der Waals surface area contributed by atoms with E-state index in [-0.39, 0.29) is 5.91 Å². The first-order valence-corrected chi connectivity index (χ1v) is 10.3. The predicted octanol–water partition coefficient (Wildman–Crippen LogP) is 4.47. The van der Waals surface area contributed by atoms with Crippen molar-refractivity contribution in [3.8, 4) is 5.75 Å². The second-order valence-corrected chi connectivity index (χ2v) is 7.44. The Balaban J connectivity index is 1.56. The minimum absolute atomic E-state index is 0.283. The Bertz CT molecular complexity index is 1250. The van der Waals surface area contributed by atoms with Gasteiger partial charge < -0.3 is 19.9 Å². The summed E-state index contributed by atoms with van der Waals surface area (Å²) in [7, 11) is 0. The molecule has 1 heterocycles. The molecule has 0 aliphatic carbocycles. The van der Waals surface area contributed by atoms with E-state index in [1.807, 2.05) is 54.6 Å². The first-order valence-electron chi connectivity index (χ1n) is 10.3. The van der Waals surface area contributed by atoms with Crippen LogP contribution in [0, 0.1) is 6.92 Å². The zero-order chi connectivity index (χ0) is 22.5. The number of ether oxygens (including phenoxy) is 1. The van der Waals surface area contributed by atoms with E-state index in [1.54, 1.807) is 32.0 Å². The van der Waals surface area contributed by atoms with Crippen molar-refractivity contribution in [2.75, 3.05) is 5.32 Å². The van der Waals surface area contributed by atoms with Crippen LogP contribution in [0.15, 0.2) is 77.3 Å². The van der Waals surface area contributed by atoms with E-state index in [2.05, 4.69) is 15.8 Å². The Morgan fingerprint density at radius 2 is 1.69 bits per heavy atom. The summed E-state index contributed by atoms with van der Waals surface area (Å²) in [6.07, 6.45) is -0.867. The molecular formula is C25H23N3O4. The van der Waals surface area contributed by atoms with Crippen LogP contribution in [0.3, 0.4) is 0 Å². The van der Waals surface area contributed by atoms with Gasteiger partial charge in [0.2, 0.25) is 0 Å². The van der Waals surface area contributed by atoms with Gasteiger partial charge in [0.15, 0.2) is 11.9 Å². The Hall–Kier alpha value is -4.13. The van der Waals surface area contributed by atoms with Crippen LogP contribution in [0.2, 0.25) is 0 Å². The van der Waals surface area contributed by atoms with Crippen molar-refractivity contribution in [1.29, 1.82) is 0 Å². The topological polar surface area (TPSA) is 93.5 Å². The number of carbonyl (C=O) groups is 2. The van der Waals surface area contributed by atoms with Gasteiger partial charge in [-0.3, -0.25) is 9.59 Å². The number of carbonyl (C=O) groups excluding carboxylic acids is 2. The highest BCUT2D eigenvalue weighted by Crippen LogP contribution is 2.27. The molecule has 32 heavy (non-hydrogen) atoms. The van der Waals surface area contributed by atoms with E-state index < -0.39 is 12.0 Å². The van der Waals surface area contributed by atoms with Gasteiger partial charge in [0, 0.05) is 12.6 Å². The molecule has 0 saturated carbocycles. The Morgan fingerprint density at radius 3 is 2.38 bits per heavy atom. The smallest absolute Gasteiger partial charge is 0.266 e. The Kier molecular flexibility index (Phi) is 6.17. The summed E-state index contributed by atoms with van der Waals surface area (Å²) in [5, 5.41) is 11.1. The van der Waals surface area contributed by atoms with Gasteiger partial charge in [-0.05, 0) is 42.3 Å². The molecule has 0 aliphatic heterocycles. The molecular weight excluding hydrogens is 406 g/mol. The van der Waals surface area contributed by atoms with Gasteiger partial charge in [-0.1, -0.05) is 59.8 Å². The standard InChI is InChI=1S/C25H23N3O4/c1-16-12-23(28-32-16)27-24(29)17(2)31-22-14-20-11-7-6-10-19(20)13-21(22)25(30)26-15-18-8-4-3-5-9-18/h3-14,17H,15H2,1-2H3,(H,26,30)(H,27,28,29)/t17-/m0/s1. The molecule has 7 nitrogen and oxygen atoms in total. The number of aromatic nitrogens is 1. The molecule has 4 rings (SSSR count). The summed E-state index contributed by atoms with van der Waals surface area (Å²) in [5.41, 5.74) is 1.34. The average molecular weight is 429 g/mol. The van der Waals surface area contributed by atoms with Crippen molar-refractivity contribution >= 4 is 28.4 Å². The minimum atomic E-state index is -0.867. The van der Waals surface area contributed by atoms with Crippen molar-refractivity contribution in [1.82, 2.24) is 10.5 Å². The number of nitrogens with one attached hydrogen (secondary N) is 2. The molecule has 0 bridgehead atoms. The van der Waals surface area contributed by atoms with Crippen molar-refractivity contribution in [3.05, 3.63) is 89.7 Å². The maximum Gasteiger partial charge on any atom is 0.266 e. The van der Waals surface area contributed by atoms with Crippen molar-refractivity contribution in [2.24, 2.45) is 0 Å². The molecule has 3 aromatic carbocycles. The highest BCUT2D eigenvalue weighted by molar-refractivity contribution is 6.02. The minimum Gasteiger partial charge on any atom is -0.480 e. The lowest BCUT2D eigenvalue weighted by Gasteiger charge is -2.17. The molecule has 7 heteroatoms. The zero-order valence-corrected chi connectivity index (χ0v) is 17.8. The molecule has 0 saturated heterocycles. The summed E-state index contributed by atoms with van der Waals surface area (Å²) < 4.78 is 10.9. The zero-order valence-electron chi connectivity index (χ0n) is 17.8. The quantitative estimate of drug-likeness (QED) is 0.452. The van der Waals surface area contributed by atoms with Crippen LogP contribution >= 0.6 is 0 Å². The summed E-state index contributed by atoms with van der Waals surface area (Å²) in [5.74, 6) is 0.535. The summed E-state index contributed by atoms with van der Waals surface area (Å²) >= 11 is 0. The molecule has 2 amide bonds. The van der Waals surface area contributed by atoms with E-state index in [0.717, 1.165) is 16.3 Å². The lowest BCUT2D eigenvalue weighted by Crippen LogP contribution is -2.31. The van der Waals surface area contributed by atoms with E-state index in [1.165, 1.54) is 0 Å². The number of fused-ring (bicyclic) bond motifs is 1. The van der Waals surface area contributed by atoms with Gasteiger partial charge in [-0.15, -0.1) is 0 Å². The van der Waals surface area contributed by atoms with Crippen molar-refractivity contribution in [3.63, 3.8) is 0 Å². The third-order valence-electron chi connectivity index (χ3n) is 4.94. The summed E-state index contributed by atoms with van der Waals surface area (Å²) in [6.45, 7) is 3.73. The molecule has 1 atom stereocenters. The Morgan fingerprint density at radius 1 is 1.00 bits per heavy atom. The highest BCUT2D eigenvalue weighted by Gasteiger charge is 2.21. The lowest BCUT2D eigenvalue weighted by atomic mass is 10.0. The van der Waals surface area contributed by atoms with Crippen LogP contribution in [0.5, 0.6) is 5.75 Å². The van der Waals surface area contributed by atoms with Crippen LogP contribution < -0.4 is 15.4 Å². The largest absolute Gasteiger partial charge is 0.480 e. The third-order valence-corrected chi connectivity index (χ3v) is 4.94. The normalized spacial score (nSPS) is 11.7. The van der Waals surface area contributed by atoms with E-state index >= 15 is 0 Å². The first-order chi connectivity index (χ1) is 15.5. The fraction of sp³-hybridized carbons (Fsp3) is 0.160. The molecule has 0 unspecified atom stereocenters. The van der Waals surface area contributed by atoms with Gasteiger partial charge >= 0.3 is 0 Å². The molecule has 4 aromatic rings. The molecule has 0 spiro atoms. The second kappa shape index (κ2) is 9.34. The number of anilines is 1. The maximum atomic E-state index is 13.0. The molecule has 0 fully saturated rings. The highest BCUT2D eigenvalue weighted by atomic mass is 16.5. The number of rotatable bonds is 7. The monoisotopic (exact) mass is 429 g/mol. The van der Waals surface area contributed by atoms with Gasteiger partial charge in [0.1, 0.15) is 11.5 Å². The van der Waals surface area contributed by atoms with E-state index in [0.29, 0.717) is 29.4 Å². The lowest BCUT2D eigenvalue weighted by molar-refractivity contribution is -0.122. The van der Waals surface area contributed by atoms with Crippen LogP contribution in [-0.2, 0) is 11.3 Å². The predicted molar refractivity (Wildman–Crippen MR) is 122 cm³/mol.